The minimum Gasteiger partial charge on any atom is -0.496 e. The van der Waals surface area contributed by atoms with Crippen LogP contribution in [-0.4, -0.2) is 26.1 Å². The van der Waals surface area contributed by atoms with Crippen LogP contribution in [0.25, 0.3) is 11.1 Å². The highest BCUT2D eigenvalue weighted by Crippen LogP contribution is 2.31. The Morgan fingerprint density at radius 2 is 1.86 bits per heavy atom. The molecule has 5 heteroatoms. The largest absolute Gasteiger partial charge is 0.496 e. The third-order valence-electron chi connectivity index (χ3n) is 5.56. The van der Waals surface area contributed by atoms with E-state index in [1.807, 2.05) is 37.4 Å². The summed E-state index contributed by atoms with van der Waals surface area (Å²) in [5.74, 6) is 1.02. The van der Waals surface area contributed by atoms with E-state index in [1.54, 1.807) is 19.2 Å². The Hall–Kier alpha value is -2.84. The summed E-state index contributed by atoms with van der Waals surface area (Å²) in [7, 11) is 3.63. The van der Waals surface area contributed by atoms with E-state index in [4.69, 9.17) is 10.00 Å². The van der Waals surface area contributed by atoms with Crippen molar-refractivity contribution in [1.29, 1.82) is 5.26 Å². The number of carbonyl (C=O) groups is 1. The van der Waals surface area contributed by atoms with E-state index in [-0.39, 0.29) is 11.8 Å². The van der Waals surface area contributed by atoms with E-state index >= 15 is 0 Å². The number of nitrogens with one attached hydrogen (secondary N) is 2. The average molecular weight is 377 g/mol. The topological polar surface area (TPSA) is 74.2 Å². The van der Waals surface area contributed by atoms with Crippen LogP contribution in [0, 0.1) is 17.2 Å². The fourth-order valence-electron chi connectivity index (χ4n) is 3.79. The first kappa shape index (κ1) is 19.9. The molecule has 0 bridgehead atoms. The molecule has 3 rings (SSSR count). The van der Waals surface area contributed by atoms with Gasteiger partial charge in [-0.05, 0) is 68.1 Å². The Labute approximate surface area is 166 Å². The molecule has 0 saturated heterocycles. The quantitative estimate of drug-likeness (QED) is 0.806. The van der Waals surface area contributed by atoms with Gasteiger partial charge in [-0.1, -0.05) is 18.2 Å². The predicted molar refractivity (Wildman–Crippen MR) is 110 cm³/mol. The lowest BCUT2D eigenvalue weighted by molar-refractivity contribution is -0.126. The van der Waals surface area contributed by atoms with Gasteiger partial charge in [0.1, 0.15) is 5.75 Å². The Kier molecular flexibility index (Phi) is 6.67. The number of nitrogens with zero attached hydrogens (tertiary/aromatic N) is 1. The van der Waals surface area contributed by atoms with Crippen molar-refractivity contribution in [3.05, 3.63) is 53.6 Å². The van der Waals surface area contributed by atoms with Crippen molar-refractivity contribution in [1.82, 2.24) is 10.6 Å². The average Bonchev–Trinajstić information content (AvgIpc) is 2.77. The second kappa shape index (κ2) is 9.38. The number of ether oxygens (including phenoxy) is 1. The lowest BCUT2D eigenvalue weighted by Gasteiger charge is -2.27. The standard InChI is InChI=1S/C23H27N3O2/c1-25-20-10-8-19(9-11-20)23(27)26-15-17-5-12-22(28-2)21(13-17)18-6-3-16(14-24)4-7-18/h3-7,12-13,19-20,25H,8-11,15H2,1-2H3,(H,26,27). The molecule has 146 valence electrons. The van der Waals surface area contributed by atoms with Crippen molar-refractivity contribution in [2.45, 2.75) is 38.3 Å². The molecule has 2 aromatic carbocycles. The Bertz CT molecular complexity index is 847. The molecule has 0 unspecified atom stereocenters. The molecule has 0 aromatic heterocycles. The molecule has 0 heterocycles. The molecule has 1 saturated carbocycles. The predicted octanol–water partition coefficient (Wildman–Crippen LogP) is 3.63. The van der Waals surface area contributed by atoms with E-state index in [0.717, 1.165) is 48.1 Å². The molecule has 0 spiro atoms. The second-order valence-corrected chi connectivity index (χ2v) is 7.28. The highest BCUT2D eigenvalue weighted by molar-refractivity contribution is 5.79. The van der Waals surface area contributed by atoms with Crippen molar-refractivity contribution in [2.75, 3.05) is 14.2 Å². The number of hydrogen-bond donors (Lipinski definition) is 2. The molecule has 0 radical (unpaired) electrons. The van der Waals surface area contributed by atoms with E-state index in [2.05, 4.69) is 16.7 Å². The summed E-state index contributed by atoms with van der Waals surface area (Å²) in [6.45, 7) is 0.498. The lowest BCUT2D eigenvalue weighted by atomic mass is 9.85. The number of carbonyl (C=O) groups excluding carboxylic acids is 1. The van der Waals surface area contributed by atoms with E-state index in [9.17, 15) is 4.79 Å². The molecular weight excluding hydrogens is 350 g/mol. The first-order valence-electron chi connectivity index (χ1n) is 9.77. The number of amides is 1. The van der Waals surface area contributed by atoms with Gasteiger partial charge in [-0.2, -0.15) is 5.26 Å². The summed E-state index contributed by atoms with van der Waals surface area (Å²) >= 11 is 0. The van der Waals surface area contributed by atoms with Crippen LogP contribution in [0.1, 0.15) is 36.8 Å². The second-order valence-electron chi connectivity index (χ2n) is 7.28. The Morgan fingerprint density at radius 1 is 1.14 bits per heavy atom. The van der Waals surface area contributed by atoms with Crippen LogP contribution in [0.2, 0.25) is 0 Å². The first-order chi connectivity index (χ1) is 13.6. The highest BCUT2D eigenvalue weighted by atomic mass is 16.5. The molecule has 5 nitrogen and oxygen atoms in total. The van der Waals surface area contributed by atoms with Crippen molar-refractivity contribution in [2.24, 2.45) is 5.92 Å². The summed E-state index contributed by atoms with van der Waals surface area (Å²) in [6, 6.07) is 16.0. The molecule has 1 fully saturated rings. The number of benzene rings is 2. The highest BCUT2D eigenvalue weighted by Gasteiger charge is 2.25. The van der Waals surface area contributed by atoms with Crippen molar-refractivity contribution in [3.63, 3.8) is 0 Å². The van der Waals surface area contributed by atoms with Gasteiger partial charge in [0.2, 0.25) is 5.91 Å². The maximum atomic E-state index is 12.5. The van der Waals surface area contributed by atoms with Crippen molar-refractivity contribution < 1.29 is 9.53 Å². The Balaban J connectivity index is 1.67. The van der Waals surface area contributed by atoms with Crippen LogP contribution < -0.4 is 15.4 Å². The monoisotopic (exact) mass is 377 g/mol. The van der Waals surface area contributed by atoms with Gasteiger partial charge in [0.15, 0.2) is 0 Å². The number of nitriles is 1. The molecule has 1 aliphatic rings. The lowest BCUT2D eigenvalue weighted by Crippen LogP contribution is -2.37. The molecule has 28 heavy (non-hydrogen) atoms. The van der Waals surface area contributed by atoms with Gasteiger partial charge in [-0.3, -0.25) is 4.79 Å². The summed E-state index contributed by atoms with van der Waals surface area (Å²) in [5.41, 5.74) is 3.58. The Morgan fingerprint density at radius 3 is 2.46 bits per heavy atom. The summed E-state index contributed by atoms with van der Waals surface area (Å²) < 4.78 is 5.49. The third kappa shape index (κ3) is 4.71. The van der Waals surface area contributed by atoms with Gasteiger partial charge in [0.25, 0.3) is 0 Å². The maximum absolute atomic E-state index is 12.5. The minimum atomic E-state index is 0.112. The molecule has 2 aromatic rings. The van der Waals surface area contributed by atoms with Crippen LogP contribution >= 0.6 is 0 Å². The molecule has 0 atom stereocenters. The molecule has 0 aliphatic heterocycles. The SMILES string of the molecule is CNC1CCC(C(=O)NCc2ccc(OC)c(-c3ccc(C#N)cc3)c2)CC1. The summed E-state index contributed by atoms with van der Waals surface area (Å²) in [4.78, 5) is 12.5. The van der Waals surface area contributed by atoms with Gasteiger partial charge in [-0.15, -0.1) is 0 Å². The third-order valence-corrected chi connectivity index (χ3v) is 5.56. The molecular formula is C23H27N3O2. The summed E-state index contributed by atoms with van der Waals surface area (Å²) in [6.07, 6.45) is 3.99. The minimum absolute atomic E-state index is 0.112. The van der Waals surface area contributed by atoms with Crippen molar-refractivity contribution >= 4 is 5.91 Å². The molecule has 1 aliphatic carbocycles. The van der Waals surface area contributed by atoms with Gasteiger partial charge in [0, 0.05) is 24.1 Å². The van der Waals surface area contributed by atoms with Crippen LogP contribution in [0.15, 0.2) is 42.5 Å². The fraction of sp³-hybridized carbons (Fsp3) is 0.391. The van der Waals surface area contributed by atoms with Crippen LogP contribution in [0.5, 0.6) is 5.75 Å². The zero-order valence-electron chi connectivity index (χ0n) is 16.5. The number of rotatable bonds is 6. The van der Waals surface area contributed by atoms with Crippen molar-refractivity contribution in [3.8, 4) is 22.9 Å². The summed E-state index contributed by atoms with van der Waals surface area (Å²) in [5, 5.41) is 15.4. The van der Waals surface area contributed by atoms with E-state index in [1.165, 1.54) is 0 Å². The number of methoxy groups -OCH3 is 1. The maximum Gasteiger partial charge on any atom is 0.223 e. The van der Waals surface area contributed by atoms with Gasteiger partial charge < -0.3 is 15.4 Å². The van der Waals surface area contributed by atoms with E-state index in [0.29, 0.717) is 18.2 Å². The van der Waals surface area contributed by atoms with Crippen LogP contribution in [0.3, 0.4) is 0 Å². The van der Waals surface area contributed by atoms with Crippen LogP contribution in [-0.2, 0) is 11.3 Å². The van der Waals surface area contributed by atoms with E-state index < -0.39 is 0 Å². The van der Waals surface area contributed by atoms with Gasteiger partial charge in [0.05, 0.1) is 18.7 Å². The molecule has 1 amide bonds. The molecule has 2 N–H and O–H groups in total. The normalized spacial score (nSPS) is 18.9. The van der Waals surface area contributed by atoms with Gasteiger partial charge in [-0.25, -0.2) is 0 Å². The fourth-order valence-corrected chi connectivity index (χ4v) is 3.79. The zero-order chi connectivity index (χ0) is 19.9. The van der Waals surface area contributed by atoms with Crippen LogP contribution in [0.4, 0.5) is 0 Å². The first-order valence-corrected chi connectivity index (χ1v) is 9.77. The van der Waals surface area contributed by atoms with Gasteiger partial charge >= 0.3 is 0 Å². The smallest absolute Gasteiger partial charge is 0.223 e. The zero-order valence-corrected chi connectivity index (χ0v) is 16.5. The number of hydrogen-bond acceptors (Lipinski definition) is 4.